The maximum atomic E-state index is 9.90. The Labute approximate surface area is 106 Å². The van der Waals surface area contributed by atoms with Crippen LogP contribution in [0.5, 0.6) is 0 Å². The van der Waals surface area contributed by atoms with Crippen molar-refractivity contribution < 1.29 is 5.11 Å². The molecule has 90 valence electrons. The van der Waals surface area contributed by atoms with Gasteiger partial charge in [0.05, 0.1) is 5.60 Å². The van der Waals surface area contributed by atoms with Crippen molar-refractivity contribution >= 4 is 15.9 Å². The van der Waals surface area contributed by atoms with Crippen molar-refractivity contribution in [3.63, 3.8) is 0 Å². The lowest BCUT2D eigenvalue weighted by Crippen LogP contribution is -2.38. The fourth-order valence-electron chi connectivity index (χ4n) is 1.39. The minimum atomic E-state index is -0.625. The van der Waals surface area contributed by atoms with E-state index in [0.29, 0.717) is 6.54 Å². The molecule has 2 unspecified atom stereocenters. The monoisotopic (exact) mass is 285 g/mol. The zero-order valence-electron chi connectivity index (χ0n) is 10.1. The second-order valence-corrected chi connectivity index (χ2v) is 5.42. The number of nitrogens with one attached hydrogen (secondary N) is 1. The highest BCUT2D eigenvalue weighted by Gasteiger charge is 2.18. The molecule has 0 saturated heterocycles. The van der Waals surface area contributed by atoms with Crippen LogP contribution < -0.4 is 5.32 Å². The SMILES string of the molecule is CCC(C)(O)CNC(C)c1cccc(Br)c1. The quantitative estimate of drug-likeness (QED) is 0.870. The third-order valence-corrected chi connectivity index (χ3v) is 3.39. The largest absolute Gasteiger partial charge is 0.389 e. The third kappa shape index (κ3) is 4.24. The number of halogens is 1. The Kier molecular flexibility index (Phi) is 4.96. The highest BCUT2D eigenvalue weighted by molar-refractivity contribution is 9.10. The van der Waals surface area contributed by atoms with Gasteiger partial charge in [0.25, 0.3) is 0 Å². The van der Waals surface area contributed by atoms with Gasteiger partial charge in [-0.3, -0.25) is 0 Å². The molecule has 16 heavy (non-hydrogen) atoms. The van der Waals surface area contributed by atoms with Gasteiger partial charge in [0.15, 0.2) is 0 Å². The molecule has 0 aliphatic carbocycles. The molecule has 2 atom stereocenters. The molecule has 2 N–H and O–H groups in total. The van der Waals surface area contributed by atoms with Crippen molar-refractivity contribution in [2.75, 3.05) is 6.54 Å². The zero-order valence-corrected chi connectivity index (χ0v) is 11.7. The maximum absolute atomic E-state index is 9.90. The van der Waals surface area contributed by atoms with Crippen LogP contribution in [0.15, 0.2) is 28.7 Å². The van der Waals surface area contributed by atoms with Crippen LogP contribution in [0.4, 0.5) is 0 Å². The molecule has 0 fully saturated rings. The summed E-state index contributed by atoms with van der Waals surface area (Å²) in [6, 6.07) is 8.46. The van der Waals surface area contributed by atoms with E-state index in [1.54, 1.807) is 0 Å². The molecule has 1 aromatic rings. The molecule has 2 nitrogen and oxygen atoms in total. The van der Waals surface area contributed by atoms with Gasteiger partial charge in [-0.05, 0) is 38.0 Å². The van der Waals surface area contributed by atoms with E-state index in [-0.39, 0.29) is 6.04 Å². The second kappa shape index (κ2) is 5.80. The fourth-order valence-corrected chi connectivity index (χ4v) is 1.81. The highest BCUT2D eigenvalue weighted by Crippen LogP contribution is 2.18. The number of rotatable bonds is 5. The minimum absolute atomic E-state index is 0.246. The fraction of sp³-hybridized carbons (Fsp3) is 0.538. The summed E-state index contributed by atoms with van der Waals surface area (Å²) in [5.74, 6) is 0. The molecule has 1 aromatic carbocycles. The van der Waals surface area contributed by atoms with E-state index in [4.69, 9.17) is 0 Å². The van der Waals surface area contributed by atoms with Crippen molar-refractivity contribution in [3.8, 4) is 0 Å². The summed E-state index contributed by atoms with van der Waals surface area (Å²) in [6.45, 7) is 6.56. The van der Waals surface area contributed by atoms with Crippen LogP contribution >= 0.6 is 15.9 Å². The lowest BCUT2D eigenvalue weighted by Gasteiger charge is -2.24. The topological polar surface area (TPSA) is 32.3 Å². The van der Waals surface area contributed by atoms with Gasteiger partial charge in [0.2, 0.25) is 0 Å². The summed E-state index contributed by atoms with van der Waals surface area (Å²) in [7, 11) is 0. The van der Waals surface area contributed by atoms with Gasteiger partial charge in [-0.2, -0.15) is 0 Å². The van der Waals surface area contributed by atoms with Gasteiger partial charge in [0, 0.05) is 17.1 Å². The van der Waals surface area contributed by atoms with Gasteiger partial charge in [-0.15, -0.1) is 0 Å². The lowest BCUT2D eigenvalue weighted by molar-refractivity contribution is 0.0533. The average Bonchev–Trinajstić information content (AvgIpc) is 2.26. The van der Waals surface area contributed by atoms with Crippen molar-refractivity contribution in [1.82, 2.24) is 5.32 Å². The molecule has 0 bridgehead atoms. The third-order valence-electron chi connectivity index (χ3n) is 2.90. The lowest BCUT2D eigenvalue weighted by atomic mass is 10.0. The van der Waals surface area contributed by atoms with Gasteiger partial charge in [0.1, 0.15) is 0 Å². The summed E-state index contributed by atoms with van der Waals surface area (Å²) < 4.78 is 1.08. The predicted octanol–water partition coefficient (Wildman–Crippen LogP) is 3.26. The summed E-state index contributed by atoms with van der Waals surface area (Å²) in [6.07, 6.45) is 0.755. The van der Waals surface area contributed by atoms with Crippen LogP contribution in [0.1, 0.15) is 38.8 Å². The van der Waals surface area contributed by atoms with Crippen LogP contribution in [0, 0.1) is 0 Å². The summed E-state index contributed by atoms with van der Waals surface area (Å²) in [4.78, 5) is 0. The molecule has 0 amide bonds. The molecular weight excluding hydrogens is 266 g/mol. The van der Waals surface area contributed by atoms with Gasteiger partial charge in [-0.25, -0.2) is 0 Å². The average molecular weight is 286 g/mol. The van der Waals surface area contributed by atoms with Gasteiger partial charge < -0.3 is 10.4 Å². The molecule has 0 radical (unpaired) electrons. The number of hydrogen-bond acceptors (Lipinski definition) is 2. The first kappa shape index (κ1) is 13.7. The molecule has 0 saturated carbocycles. The van der Waals surface area contributed by atoms with Crippen molar-refractivity contribution in [1.29, 1.82) is 0 Å². The molecule has 0 spiro atoms. The Hall–Kier alpha value is -0.380. The maximum Gasteiger partial charge on any atom is 0.0741 e. The van der Waals surface area contributed by atoms with Crippen LogP contribution in [-0.4, -0.2) is 17.3 Å². The van der Waals surface area contributed by atoms with Crippen LogP contribution in [0.2, 0.25) is 0 Å². The van der Waals surface area contributed by atoms with E-state index < -0.39 is 5.60 Å². The molecule has 0 heterocycles. The van der Waals surface area contributed by atoms with Gasteiger partial charge >= 0.3 is 0 Å². The summed E-state index contributed by atoms with van der Waals surface area (Å²) in [5.41, 5.74) is 0.599. The Morgan fingerprint density at radius 3 is 2.75 bits per heavy atom. The second-order valence-electron chi connectivity index (χ2n) is 4.51. The number of hydrogen-bond donors (Lipinski definition) is 2. The zero-order chi connectivity index (χ0) is 12.2. The first-order valence-electron chi connectivity index (χ1n) is 5.66. The Bertz CT molecular complexity index is 338. The molecule has 0 aliphatic rings. The molecule has 0 aromatic heterocycles. The molecular formula is C13H20BrNO. The number of benzene rings is 1. The van der Waals surface area contributed by atoms with E-state index >= 15 is 0 Å². The van der Waals surface area contributed by atoms with E-state index in [9.17, 15) is 5.11 Å². The van der Waals surface area contributed by atoms with Crippen molar-refractivity contribution in [2.45, 2.75) is 38.8 Å². The smallest absolute Gasteiger partial charge is 0.0741 e. The molecule has 0 aliphatic heterocycles. The standard InChI is InChI=1S/C13H20BrNO/c1-4-13(3,16)9-15-10(2)11-6-5-7-12(14)8-11/h5-8,10,15-16H,4,9H2,1-3H3. The van der Waals surface area contributed by atoms with Crippen molar-refractivity contribution in [3.05, 3.63) is 34.3 Å². The Morgan fingerprint density at radius 1 is 1.50 bits per heavy atom. The van der Waals surface area contributed by atoms with Crippen LogP contribution in [0.25, 0.3) is 0 Å². The van der Waals surface area contributed by atoms with E-state index in [1.807, 2.05) is 26.0 Å². The summed E-state index contributed by atoms with van der Waals surface area (Å²) in [5, 5.41) is 13.2. The Morgan fingerprint density at radius 2 is 2.19 bits per heavy atom. The van der Waals surface area contributed by atoms with Gasteiger partial charge in [-0.1, -0.05) is 35.0 Å². The molecule has 1 rings (SSSR count). The minimum Gasteiger partial charge on any atom is -0.389 e. The van der Waals surface area contributed by atoms with Crippen LogP contribution in [-0.2, 0) is 0 Å². The molecule has 3 heteroatoms. The van der Waals surface area contributed by atoms with E-state index in [0.717, 1.165) is 10.9 Å². The Balaban J connectivity index is 2.56. The highest BCUT2D eigenvalue weighted by atomic mass is 79.9. The number of aliphatic hydroxyl groups is 1. The first-order valence-corrected chi connectivity index (χ1v) is 6.45. The normalized spacial score (nSPS) is 16.8. The van der Waals surface area contributed by atoms with E-state index in [2.05, 4.69) is 40.3 Å². The predicted molar refractivity (Wildman–Crippen MR) is 71.5 cm³/mol. The van der Waals surface area contributed by atoms with Crippen LogP contribution in [0.3, 0.4) is 0 Å². The van der Waals surface area contributed by atoms with Crippen molar-refractivity contribution in [2.24, 2.45) is 0 Å². The summed E-state index contributed by atoms with van der Waals surface area (Å²) >= 11 is 3.46. The first-order chi connectivity index (χ1) is 7.44. The van der Waals surface area contributed by atoms with E-state index in [1.165, 1.54) is 5.56 Å².